The number of pyridine rings is 1. The summed E-state index contributed by atoms with van der Waals surface area (Å²) in [5.74, 6) is 0. The first kappa shape index (κ1) is 15.7. The van der Waals surface area contributed by atoms with E-state index in [4.69, 9.17) is 16.3 Å². The molecule has 0 saturated heterocycles. The molecule has 1 aromatic heterocycles. The SMILES string of the molecule is CNC(Cc1ccncc1Cl)C1(OC)CCCCCC1. The maximum atomic E-state index is 6.25. The number of aromatic nitrogens is 1. The summed E-state index contributed by atoms with van der Waals surface area (Å²) in [6.45, 7) is 0. The summed E-state index contributed by atoms with van der Waals surface area (Å²) in [5.41, 5.74) is 1.07. The third kappa shape index (κ3) is 3.51. The molecule has 1 unspecified atom stereocenters. The van der Waals surface area contributed by atoms with Crippen LogP contribution in [0.2, 0.25) is 5.02 Å². The molecule has 0 spiro atoms. The highest BCUT2D eigenvalue weighted by Gasteiger charge is 2.38. The van der Waals surface area contributed by atoms with Gasteiger partial charge in [-0.2, -0.15) is 0 Å². The summed E-state index contributed by atoms with van der Waals surface area (Å²) >= 11 is 6.25. The Hall–Kier alpha value is -0.640. The largest absolute Gasteiger partial charge is 0.377 e. The van der Waals surface area contributed by atoms with Gasteiger partial charge >= 0.3 is 0 Å². The van der Waals surface area contributed by atoms with Crippen molar-refractivity contribution in [3.05, 3.63) is 29.0 Å². The predicted octanol–water partition coefficient (Wildman–Crippen LogP) is 3.60. The van der Waals surface area contributed by atoms with E-state index < -0.39 is 0 Å². The van der Waals surface area contributed by atoms with Crippen molar-refractivity contribution in [2.24, 2.45) is 0 Å². The van der Waals surface area contributed by atoms with Gasteiger partial charge in [-0.1, -0.05) is 37.3 Å². The Bertz CT molecular complexity index is 417. The van der Waals surface area contributed by atoms with Gasteiger partial charge in [0.15, 0.2) is 0 Å². The van der Waals surface area contributed by atoms with E-state index in [9.17, 15) is 0 Å². The number of nitrogens with zero attached hydrogens (tertiary/aromatic N) is 1. The van der Waals surface area contributed by atoms with Gasteiger partial charge in [0.1, 0.15) is 0 Å². The minimum absolute atomic E-state index is 0.0716. The maximum Gasteiger partial charge on any atom is 0.0834 e. The first-order valence-electron chi connectivity index (χ1n) is 7.52. The van der Waals surface area contributed by atoms with Crippen LogP contribution in [0.3, 0.4) is 0 Å². The number of likely N-dealkylation sites (N-methyl/N-ethyl adjacent to an activating group) is 1. The second kappa shape index (κ2) is 7.39. The van der Waals surface area contributed by atoms with Crippen LogP contribution in [-0.2, 0) is 11.2 Å². The van der Waals surface area contributed by atoms with E-state index in [1.165, 1.54) is 25.7 Å². The molecule has 1 N–H and O–H groups in total. The Morgan fingerprint density at radius 3 is 2.60 bits per heavy atom. The van der Waals surface area contributed by atoms with Crippen molar-refractivity contribution in [1.82, 2.24) is 10.3 Å². The molecular formula is C16H25ClN2O. The van der Waals surface area contributed by atoms with Crippen LogP contribution in [0, 0.1) is 0 Å². The van der Waals surface area contributed by atoms with Crippen LogP contribution in [0.15, 0.2) is 18.5 Å². The zero-order chi connectivity index (χ0) is 14.4. The van der Waals surface area contributed by atoms with Gasteiger partial charge in [0.25, 0.3) is 0 Å². The quantitative estimate of drug-likeness (QED) is 0.843. The highest BCUT2D eigenvalue weighted by atomic mass is 35.5. The van der Waals surface area contributed by atoms with Gasteiger partial charge in [-0.3, -0.25) is 4.98 Å². The molecule has 1 heterocycles. The number of hydrogen-bond acceptors (Lipinski definition) is 3. The normalized spacial score (nSPS) is 20.4. The third-order valence-electron chi connectivity index (χ3n) is 4.62. The number of rotatable bonds is 5. The number of ether oxygens (including phenoxy) is 1. The van der Waals surface area contributed by atoms with Gasteiger partial charge < -0.3 is 10.1 Å². The molecule has 0 radical (unpaired) electrons. The van der Waals surface area contributed by atoms with E-state index in [2.05, 4.69) is 10.3 Å². The molecule has 0 aliphatic heterocycles. The first-order chi connectivity index (χ1) is 9.72. The molecule has 20 heavy (non-hydrogen) atoms. The van der Waals surface area contributed by atoms with Crippen molar-refractivity contribution >= 4 is 11.6 Å². The lowest BCUT2D eigenvalue weighted by Crippen LogP contribution is -2.52. The van der Waals surface area contributed by atoms with Crippen LogP contribution in [0.5, 0.6) is 0 Å². The van der Waals surface area contributed by atoms with Crippen molar-refractivity contribution in [3.63, 3.8) is 0 Å². The molecule has 2 rings (SSSR count). The summed E-state index contributed by atoms with van der Waals surface area (Å²) in [7, 11) is 3.87. The van der Waals surface area contributed by atoms with E-state index in [1.807, 2.05) is 20.2 Å². The summed E-state index contributed by atoms with van der Waals surface area (Å²) in [6, 6.07) is 2.29. The Morgan fingerprint density at radius 2 is 2.05 bits per heavy atom. The molecule has 1 fully saturated rings. The summed E-state index contributed by atoms with van der Waals surface area (Å²) in [6.07, 6.45) is 11.8. The van der Waals surface area contributed by atoms with E-state index in [0.717, 1.165) is 29.8 Å². The molecule has 1 aliphatic rings. The van der Waals surface area contributed by atoms with E-state index >= 15 is 0 Å². The molecule has 4 heteroatoms. The molecule has 1 saturated carbocycles. The van der Waals surface area contributed by atoms with Crippen LogP contribution in [0.1, 0.15) is 44.1 Å². The van der Waals surface area contributed by atoms with Crippen molar-refractivity contribution in [2.75, 3.05) is 14.2 Å². The monoisotopic (exact) mass is 296 g/mol. The molecule has 0 aromatic carbocycles. The fourth-order valence-electron chi connectivity index (χ4n) is 3.36. The van der Waals surface area contributed by atoms with E-state index in [1.54, 1.807) is 12.4 Å². The van der Waals surface area contributed by atoms with Crippen molar-refractivity contribution < 1.29 is 4.74 Å². The van der Waals surface area contributed by atoms with E-state index in [-0.39, 0.29) is 11.6 Å². The number of hydrogen-bond donors (Lipinski definition) is 1. The van der Waals surface area contributed by atoms with Crippen molar-refractivity contribution in [3.8, 4) is 0 Å². The maximum absolute atomic E-state index is 6.25. The first-order valence-corrected chi connectivity index (χ1v) is 7.90. The molecule has 1 atom stereocenters. The lowest BCUT2D eigenvalue weighted by atomic mass is 9.83. The molecule has 0 bridgehead atoms. The Morgan fingerprint density at radius 1 is 1.35 bits per heavy atom. The zero-order valence-electron chi connectivity index (χ0n) is 12.5. The van der Waals surface area contributed by atoms with Gasteiger partial charge in [0.05, 0.1) is 10.6 Å². The lowest BCUT2D eigenvalue weighted by Gasteiger charge is -2.39. The lowest BCUT2D eigenvalue weighted by molar-refractivity contribution is -0.0509. The van der Waals surface area contributed by atoms with Crippen LogP contribution in [0.4, 0.5) is 0 Å². The zero-order valence-corrected chi connectivity index (χ0v) is 13.2. The fourth-order valence-corrected chi connectivity index (χ4v) is 3.56. The average molecular weight is 297 g/mol. The number of halogens is 1. The van der Waals surface area contributed by atoms with Gasteiger partial charge in [-0.05, 0) is 37.9 Å². The third-order valence-corrected chi connectivity index (χ3v) is 4.96. The van der Waals surface area contributed by atoms with Gasteiger partial charge in [0.2, 0.25) is 0 Å². The van der Waals surface area contributed by atoms with Gasteiger partial charge in [-0.25, -0.2) is 0 Å². The summed E-state index contributed by atoms with van der Waals surface area (Å²) in [5, 5.41) is 4.21. The Labute approximate surface area is 127 Å². The van der Waals surface area contributed by atoms with Crippen molar-refractivity contribution in [2.45, 2.75) is 56.6 Å². The van der Waals surface area contributed by atoms with Crippen molar-refractivity contribution in [1.29, 1.82) is 0 Å². The minimum Gasteiger partial charge on any atom is -0.377 e. The highest BCUT2D eigenvalue weighted by Crippen LogP contribution is 2.34. The molecule has 1 aliphatic carbocycles. The number of methoxy groups -OCH3 is 1. The second-order valence-corrected chi connectivity index (χ2v) is 6.10. The Balaban J connectivity index is 2.18. The van der Waals surface area contributed by atoms with Gasteiger partial charge in [0, 0.05) is 25.5 Å². The highest BCUT2D eigenvalue weighted by molar-refractivity contribution is 6.31. The molecular weight excluding hydrogens is 272 g/mol. The standard InChI is InChI=1S/C16H25ClN2O/c1-18-15(11-13-7-10-19-12-14(13)17)16(20-2)8-5-3-4-6-9-16/h7,10,12,15,18H,3-6,8-9,11H2,1-2H3. The molecule has 0 amide bonds. The van der Waals surface area contributed by atoms with E-state index in [0.29, 0.717) is 0 Å². The smallest absolute Gasteiger partial charge is 0.0834 e. The summed E-state index contributed by atoms with van der Waals surface area (Å²) < 4.78 is 6.00. The number of nitrogens with one attached hydrogen (secondary N) is 1. The molecule has 3 nitrogen and oxygen atoms in total. The van der Waals surface area contributed by atoms with Crippen LogP contribution in [-0.4, -0.2) is 30.8 Å². The van der Waals surface area contributed by atoms with Gasteiger partial charge in [-0.15, -0.1) is 0 Å². The fraction of sp³-hybridized carbons (Fsp3) is 0.688. The van der Waals surface area contributed by atoms with Crippen LogP contribution < -0.4 is 5.32 Å². The molecule has 112 valence electrons. The summed E-state index contributed by atoms with van der Waals surface area (Å²) in [4.78, 5) is 4.06. The predicted molar refractivity (Wildman–Crippen MR) is 83.2 cm³/mol. The average Bonchev–Trinajstić information content (AvgIpc) is 2.73. The minimum atomic E-state index is -0.0716. The van der Waals surface area contributed by atoms with Crippen LogP contribution >= 0.6 is 11.6 Å². The Kier molecular flexibility index (Phi) is 5.82. The molecule has 1 aromatic rings. The van der Waals surface area contributed by atoms with Crippen LogP contribution in [0.25, 0.3) is 0 Å². The second-order valence-electron chi connectivity index (χ2n) is 5.70. The topological polar surface area (TPSA) is 34.2 Å².